The smallest absolute Gasteiger partial charge is 0.267 e. The van der Waals surface area contributed by atoms with Crippen LogP contribution in [0.25, 0.3) is 0 Å². The Morgan fingerprint density at radius 1 is 1.12 bits per heavy atom. The molecule has 0 spiro atoms. The highest BCUT2D eigenvalue weighted by atomic mass is 19.2. The van der Waals surface area contributed by atoms with Gasteiger partial charge >= 0.3 is 0 Å². The lowest BCUT2D eigenvalue weighted by molar-refractivity contribution is 0.0623. The summed E-state index contributed by atoms with van der Waals surface area (Å²) < 4.78 is 65.6. The van der Waals surface area contributed by atoms with Crippen molar-refractivity contribution in [2.45, 2.75) is 26.6 Å². The summed E-state index contributed by atoms with van der Waals surface area (Å²) in [6, 6.07) is 5.88. The number of Topliss-reactive ketones (excluding diaryl/α,β-unsaturated/α-hetero) is 1. The van der Waals surface area contributed by atoms with E-state index in [4.69, 9.17) is 9.47 Å². The molecule has 2 aromatic carbocycles. The molecule has 0 fully saturated rings. The van der Waals surface area contributed by atoms with Crippen LogP contribution >= 0.6 is 0 Å². The summed E-state index contributed by atoms with van der Waals surface area (Å²) in [6.45, 7) is 3.06. The number of hydrogen-bond donors (Lipinski definition) is 0. The molecule has 7 heteroatoms. The van der Waals surface area contributed by atoms with Gasteiger partial charge in [-0.1, -0.05) is 6.92 Å². The molecule has 25 heavy (non-hydrogen) atoms. The van der Waals surface area contributed by atoms with Crippen LogP contribution < -0.4 is 9.47 Å². The average molecular weight is 356 g/mol. The van der Waals surface area contributed by atoms with Gasteiger partial charge in [-0.15, -0.1) is 0 Å². The van der Waals surface area contributed by atoms with Crippen molar-refractivity contribution in [1.82, 2.24) is 0 Å². The van der Waals surface area contributed by atoms with Gasteiger partial charge in [0.25, 0.3) is 6.36 Å². The number of carbonyl (C=O) groups excluding carboxylic acids is 1. The first kappa shape index (κ1) is 18.8. The molecule has 1 unspecified atom stereocenters. The zero-order chi connectivity index (χ0) is 18.6. The maximum atomic E-state index is 14.2. The second-order valence-corrected chi connectivity index (χ2v) is 5.27. The Labute approximate surface area is 142 Å². The van der Waals surface area contributed by atoms with Gasteiger partial charge < -0.3 is 9.47 Å². The van der Waals surface area contributed by atoms with E-state index in [2.05, 4.69) is 0 Å². The van der Waals surface area contributed by atoms with Gasteiger partial charge in [0.05, 0.1) is 12.2 Å². The van der Waals surface area contributed by atoms with E-state index >= 15 is 0 Å². The number of rotatable bonds is 7. The summed E-state index contributed by atoms with van der Waals surface area (Å²) in [4.78, 5) is 11.2. The van der Waals surface area contributed by atoms with Crippen LogP contribution in [-0.4, -0.2) is 12.4 Å². The molecular weight excluding hydrogens is 340 g/mol. The molecule has 0 aliphatic rings. The number of ketones is 1. The average Bonchev–Trinajstić information content (AvgIpc) is 2.58. The van der Waals surface area contributed by atoms with Crippen LogP contribution in [0.2, 0.25) is 0 Å². The minimum absolute atomic E-state index is 0.00925. The van der Waals surface area contributed by atoms with E-state index in [1.165, 1.54) is 31.2 Å². The lowest BCUT2D eigenvalue weighted by Gasteiger charge is -2.15. The summed E-state index contributed by atoms with van der Waals surface area (Å²) in [6.07, 6.45) is -1.97. The van der Waals surface area contributed by atoms with Crippen LogP contribution in [0.3, 0.4) is 0 Å². The molecule has 0 aliphatic heterocycles. The Balaban J connectivity index is 2.24. The van der Waals surface area contributed by atoms with Crippen molar-refractivity contribution in [2.24, 2.45) is 0 Å². The third-order valence-electron chi connectivity index (χ3n) is 3.34. The van der Waals surface area contributed by atoms with Crippen LogP contribution in [0.15, 0.2) is 30.3 Å². The fourth-order valence-corrected chi connectivity index (χ4v) is 2.05. The highest BCUT2D eigenvalue weighted by Gasteiger charge is 2.26. The van der Waals surface area contributed by atoms with E-state index in [0.29, 0.717) is 18.1 Å². The third-order valence-corrected chi connectivity index (χ3v) is 3.34. The predicted octanol–water partition coefficient (Wildman–Crippen LogP) is 5.14. The topological polar surface area (TPSA) is 35.5 Å². The van der Waals surface area contributed by atoms with Crippen molar-refractivity contribution >= 4 is 5.78 Å². The Morgan fingerprint density at radius 3 is 2.32 bits per heavy atom. The first-order valence-corrected chi connectivity index (χ1v) is 7.57. The van der Waals surface area contributed by atoms with E-state index in [0.717, 1.165) is 0 Å². The van der Waals surface area contributed by atoms with Crippen molar-refractivity contribution < 1.29 is 31.8 Å². The Morgan fingerprint density at radius 2 is 1.76 bits per heavy atom. The van der Waals surface area contributed by atoms with Crippen molar-refractivity contribution in [1.29, 1.82) is 0 Å². The van der Waals surface area contributed by atoms with Gasteiger partial charge in [0.2, 0.25) is 5.82 Å². The molecule has 0 aromatic heterocycles. The van der Waals surface area contributed by atoms with Gasteiger partial charge in [0, 0.05) is 5.56 Å². The lowest BCUT2D eigenvalue weighted by Crippen LogP contribution is -2.09. The Kier molecular flexibility index (Phi) is 6.01. The fraction of sp³-hybridized carbons (Fsp3) is 0.278. The fourth-order valence-electron chi connectivity index (χ4n) is 2.05. The van der Waals surface area contributed by atoms with Crippen LogP contribution in [0.1, 0.15) is 42.5 Å². The molecule has 0 heterocycles. The van der Waals surface area contributed by atoms with Crippen LogP contribution in [0.4, 0.5) is 17.6 Å². The van der Waals surface area contributed by atoms with E-state index in [9.17, 15) is 22.4 Å². The summed E-state index contributed by atoms with van der Waals surface area (Å²) >= 11 is 0. The molecule has 0 saturated carbocycles. The number of alkyl halides is 1. The summed E-state index contributed by atoms with van der Waals surface area (Å²) in [5, 5.41) is 0. The van der Waals surface area contributed by atoms with Gasteiger partial charge in [-0.3, -0.25) is 4.79 Å². The summed E-state index contributed by atoms with van der Waals surface area (Å²) in [7, 11) is 0. The van der Waals surface area contributed by atoms with Gasteiger partial charge in [-0.05, 0) is 43.7 Å². The standard InChI is InChI=1S/C18H16F4O3/c1-3-8-24-17-14(19)9-13(15(20)16(17)21)18(22)25-12-6-4-11(5-7-12)10(2)23/h4-7,9,18H,3,8H2,1-2H3. The molecule has 0 bridgehead atoms. The zero-order valence-electron chi connectivity index (χ0n) is 13.6. The van der Waals surface area contributed by atoms with Gasteiger partial charge in [-0.2, -0.15) is 8.78 Å². The highest BCUT2D eigenvalue weighted by molar-refractivity contribution is 5.94. The van der Waals surface area contributed by atoms with Crippen molar-refractivity contribution in [3.05, 3.63) is 58.9 Å². The largest absolute Gasteiger partial charge is 0.488 e. The van der Waals surface area contributed by atoms with Crippen LogP contribution in [0.5, 0.6) is 11.5 Å². The minimum atomic E-state index is -2.44. The molecule has 134 valence electrons. The minimum Gasteiger partial charge on any atom is -0.488 e. The normalized spacial score (nSPS) is 11.9. The Bertz CT molecular complexity index is 760. The zero-order valence-corrected chi connectivity index (χ0v) is 13.6. The number of halogens is 4. The molecule has 1 atom stereocenters. The van der Waals surface area contributed by atoms with Crippen molar-refractivity contribution in [3.8, 4) is 11.5 Å². The van der Waals surface area contributed by atoms with Crippen molar-refractivity contribution in [3.63, 3.8) is 0 Å². The van der Waals surface area contributed by atoms with Crippen LogP contribution in [0, 0.1) is 17.5 Å². The molecule has 0 N–H and O–H groups in total. The monoisotopic (exact) mass is 356 g/mol. The maximum absolute atomic E-state index is 14.2. The second-order valence-electron chi connectivity index (χ2n) is 5.27. The highest BCUT2D eigenvalue weighted by Crippen LogP contribution is 2.32. The van der Waals surface area contributed by atoms with E-state index in [1.54, 1.807) is 6.92 Å². The number of ether oxygens (including phenoxy) is 2. The molecule has 2 aromatic rings. The number of carbonyl (C=O) groups is 1. The number of benzene rings is 2. The number of hydrogen-bond acceptors (Lipinski definition) is 3. The third kappa shape index (κ3) is 4.29. The summed E-state index contributed by atoms with van der Waals surface area (Å²) in [5.74, 6) is -5.52. The van der Waals surface area contributed by atoms with E-state index < -0.39 is 35.1 Å². The first-order valence-electron chi connectivity index (χ1n) is 7.57. The Hall–Kier alpha value is -2.57. The molecular formula is C18H16F4O3. The van der Waals surface area contributed by atoms with Gasteiger partial charge in [0.1, 0.15) is 5.75 Å². The molecule has 2 rings (SSSR count). The van der Waals surface area contributed by atoms with Crippen LogP contribution in [-0.2, 0) is 0 Å². The van der Waals surface area contributed by atoms with Gasteiger partial charge in [-0.25, -0.2) is 8.78 Å². The first-order chi connectivity index (χ1) is 11.8. The molecule has 0 aliphatic carbocycles. The second kappa shape index (κ2) is 8.00. The molecule has 0 amide bonds. The summed E-state index contributed by atoms with van der Waals surface area (Å²) in [5.41, 5.74) is -0.544. The molecule has 0 saturated heterocycles. The lowest BCUT2D eigenvalue weighted by atomic mass is 10.1. The molecule has 3 nitrogen and oxygen atoms in total. The van der Waals surface area contributed by atoms with E-state index in [1.807, 2.05) is 0 Å². The predicted molar refractivity (Wildman–Crippen MR) is 83.0 cm³/mol. The van der Waals surface area contributed by atoms with E-state index in [-0.39, 0.29) is 18.1 Å². The SMILES string of the molecule is CCCOc1c(F)cc(C(F)Oc2ccc(C(C)=O)cc2)c(F)c1F. The van der Waals surface area contributed by atoms with Crippen molar-refractivity contribution in [2.75, 3.05) is 6.61 Å². The molecule has 0 radical (unpaired) electrons. The quantitative estimate of drug-likeness (QED) is 0.391. The van der Waals surface area contributed by atoms with Gasteiger partial charge in [0.15, 0.2) is 23.2 Å². The maximum Gasteiger partial charge on any atom is 0.267 e.